The van der Waals surface area contributed by atoms with E-state index >= 15 is 0 Å². The Hall–Kier alpha value is -1.58. The summed E-state index contributed by atoms with van der Waals surface area (Å²) in [4.78, 5) is 7.11. The molecule has 2 aromatic rings. The lowest BCUT2D eigenvalue weighted by Gasteiger charge is -2.15. The summed E-state index contributed by atoms with van der Waals surface area (Å²) >= 11 is 6.15. The fraction of sp³-hybridized carbons (Fsp3) is 0.312. The Morgan fingerprint density at radius 1 is 1.05 bits per heavy atom. The minimum absolute atomic E-state index is 0.708. The molecule has 3 nitrogen and oxygen atoms in total. The number of aromatic nitrogens is 1. The van der Waals surface area contributed by atoms with Gasteiger partial charge in [-0.3, -0.25) is 4.90 Å². The standard InChI is InChI=1S/C16H18ClN3/c17-14-7-1-2-8-15(14)19-16-9-5-6-13(18-16)12-20-10-3-4-11-20/h1-2,5-9H,3-4,10-12H2,(H,18,19). The van der Waals surface area contributed by atoms with Crippen molar-refractivity contribution in [2.75, 3.05) is 18.4 Å². The number of nitrogens with zero attached hydrogens (tertiary/aromatic N) is 2. The van der Waals surface area contributed by atoms with Gasteiger partial charge >= 0.3 is 0 Å². The molecule has 0 saturated carbocycles. The fourth-order valence-electron chi connectivity index (χ4n) is 2.51. The van der Waals surface area contributed by atoms with Crippen molar-refractivity contribution in [2.24, 2.45) is 0 Å². The van der Waals surface area contributed by atoms with Gasteiger partial charge in [-0.1, -0.05) is 29.8 Å². The smallest absolute Gasteiger partial charge is 0.130 e. The first-order chi connectivity index (χ1) is 9.81. The molecule has 1 fully saturated rings. The Bertz CT molecular complexity index is 579. The Morgan fingerprint density at radius 2 is 1.85 bits per heavy atom. The molecule has 0 atom stereocenters. The summed E-state index contributed by atoms with van der Waals surface area (Å²) in [5.41, 5.74) is 1.99. The predicted molar refractivity (Wildman–Crippen MR) is 83.5 cm³/mol. The fourth-order valence-corrected chi connectivity index (χ4v) is 2.69. The second-order valence-corrected chi connectivity index (χ2v) is 5.51. The van der Waals surface area contributed by atoms with Gasteiger partial charge in [-0.15, -0.1) is 0 Å². The molecule has 1 aliphatic heterocycles. The van der Waals surface area contributed by atoms with E-state index < -0.39 is 0 Å². The number of halogens is 1. The van der Waals surface area contributed by atoms with E-state index in [2.05, 4.69) is 21.3 Å². The first kappa shape index (κ1) is 13.4. The van der Waals surface area contributed by atoms with E-state index in [1.807, 2.05) is 36.4 Å². The summed E-state index contributed by atoms with van der Waals surface area (Å²) in [5, 5.41) is 3.98. The molecule has 0 unspecified atom stereocenters. The lowest BCUT2D eigenvalue weighted by atomic mass is 10.3. The molecular weight excluding hydrogens is 270 g/mol. The van der Waals surface area contributed by atoms with Crippen LogP contribution in [0.5, 0.6) is 0 Å². The molecule has 1 aromatic heterocycles. The van der Waals surface area contributed by atoms with Gasteiger partial charge in [0, 0.05) is 6.54 Å². The van der Waals surface area contributed by atoms with Gasteiger partial charge in [-0.25, -0.2) is 4.98 Å². The van der Waals surface area contributed by atoms with Crippen LogP contribution < -0.4 is 5.32 Å². The van der Waals surface area contributed by atoms with Crippen LogP contribution in [0.4, 0.5) is 11.5 Å². The molecule has 1 N–H and O–H groups in total. The van der Waals surface area contributed by atoms with E-state index in [-0.39, 0.29) is 0 Å². The number of pyridine rings is 1. The topological polar surface area (TPSA) is 28.2 Å². The third-order valence-corrected chi connectivity index (χ3v) is 3.86. The van der Waals surface area contributed by atoms with Crippen molar-refractivity contribution in [3.05, 3.63) is 53.2 Å². The van der Waals surface area contributed by atoms with E-state index in [0.29, 0.717) is 5.02 Å². The van der Waals surface area contributed by atoms with Crippen LogP contribution in [0.3, 0.4) is 0 Å². The minimum atomic E-state index is 0.708. The highest BCUT2D eigenvalue weighted by molar-refractivity contribution is 6.33. The molecule has 0 amide bonds. The number of benzene rings is 1. The molecule has 104 valence electrons. The number of rotatable bonds is 4. The number of hydrogen-bond donors (Lipinski definition) is 1. The molecule has 0 spiro atoms. The van der Waals surface area contributed by atoms with E-state index in [1.54, 1.807) is 0 Å². The second-order valence-electron chi connectivity index (χ2n) is 5.10. The Morgan fingerprint density at radius 3 is 2.65 bits per heavy atom. The summed E-state index contributed by atoms with van der Waals surface area (Å²) in [5.74, 6) is 0.842. The van der Waals surface area contributed by atoms with Crippen molar-refractivity contribution in [3.63, 3.8) is 0 Å². The maximum absolute atomic E-state index is 6.15. The van der Waals surface area contributed by atoms with Crippen LogP contribution in [0.15, 0.2) is 42.5 Å². The Labute approximate surface area is 124 Å². The highest BCUT2D eigenvalue weighted by Gasteiger charge is 2.12. The Balaban J connectivity index is 1.72. The van der Waals surface area contributed by atoms with Crippen molar-refractivity contribution >= 4 is 23.1 Å². The number of para-hydroxylation sites is 1. The molecule has 3 rings (SSSR count). The molecule has 4 heteroatoms. The molecule has 1 saturated heterocycles. The number of nitrogens with one attached hydrogen (secondary N) is 1. The van der Waals surface area contributed by atoms with Crippen LogP contribution in [-0.4, -0.2) is 23.0 Å². The Kier molecular flexibility index (Phi) is 4.19. The van der Waals surface area contributed by atoms with Crippen LogP contribution in [0, 0.1) is 0 Å². The van der Waals surface area contributed by atoms with Gasteiger partial charge in [0.1, 0.15) is 5.82 Å². The zero-order valence-electron chi connectivity index (χ0n) is 11.3. The van der Waals surface area contributed by atoms with Gasteiger partial charge in [-0.2, -0.15) is 0 Å². The average Bonchev–Trinajstić information content (AvgIpc) is 2.95. The molecule has 20 heavy (non-hydrogen) atoms. The first-order valence-corrected chi connectivity index (χ1v) is 7.39. The minimum Gasteiger partial charge on any atom is -0.339 e. The van der Waals surface area contributed by atoms with Crippen molar-refractivity contribution in [2.45, 2.75) is 19.4 Å². The van der Waals surface area contributed by atoms with Gasteiger partial charge in [0.25, 0.3) is 0 Å². The van der Waals surface area contributed by atoms with Crippen LogP contribution >= 0.6 is 11.6 Å². The summed E-state index contributed by atoms with van der Waals surface area (Å²) in [7, 11) is 0. The summed E-state index contributed by atoms with van der Waals surface area (Å²) in [6.07, 6.45) is 2.61. The molecule has 0 bridgehead atoms. The quantitative estimate of drug-likeness (QED) is 0.918. The SMILES string of the molecule is Clc1ccccc1Nc1cccc(CN2CCCC2)n1. The van der Waals surface area contributed by atoms with Crippen molar-refractivity contribution in [1.29, 1.82) is 0 Å². The third-order valence-electron chi connectivity index (χ3n) is 3.53. The molecule has 0 aliphatic carbocycles. The van der Waals surface area contributed by atoms with E-state index in [0.717, 1.165) is 23.7 Å². The van der Waals surface area contributed by atoms with Crippen molar-refractivity contribution in [3.8, 4) is 0 Å². The first-order valence-electron chi connectivity index (χ1n) is 7.01. The van der Waals surface area contributed by atoms with Gasteiger partial charge < -0.3 is 5.32 Å². The van der Waals surface area contributed by atoms with Gasteiger partial charge in [0.05, 0.1) is 16.4 Å². The zero-order valence-corrected chi connectivity index (χ0v) is 12.1. The largest absolute Gasteiger partial charge is 0.339 e. The summed E-state index contributed by atoms with van der Waals surface area (Å²) in [6, 6.07) is 13.8. The summed E-state index contributed by atoms with van der Waals surface area (Å²) in [6.45, 7) is 3.30. The third kappa shape index (κ3) is 3.30. The maximum atomic E-state index is 6.15. The van der Waals surface area contributed by atoms with Gasteiger partial charge in [0.15, 0.2) is 0 Å². The number of hydrogen-bond acceptors (Lipinski definition) is 3. The number of anilines is 2. The predicted octanol–water partition coefficient (Wildman–Crippen LogP) is 4.07. The normalized spacial score (nSPS) is 15.4. The lowest BCUT2D eigenvalue weighted by molar-refractivity contribution is 0.327. The second kappa shape index (κ2) is 6.25. The van der Waals surface area contributed by atoms with Crippen molar-refractivity contribution < 1.29 is 0 Å². The van der Waals surface area contributed by atoms with E-state index in [1.165, 1.54) is 25.9 Å². The van der Waals surface area contributed by atoms with Crippen LogP contribution in [0.1, 0.15) is 18.5 Å². The highest BCUT2D eigenvalue weighted by Crippen LogP contribution is 2.24. The molecule has 0 radical (unpaired) electrons. The lowest BCUT2D eigenvalue weighted by Crippen LogP contribution is -2.19. The molecule has 2 heterocycles. The number of likely N-dealkylation sites (tertiary alicyclic amines) is 1. The van der Waals surface area contributed by atoms with E-state index in [4.69, 9.17) is 11.6 Å². The van der Waals surface area contributed by atoms with Gasteiger partial charge in [-0.05, 0) is 50.2 Å². The van der Waals surface area contributed by atoms with Gasteiger partial charge in [0.2, 0.25) is 0 Å². The summed E-state index contributed by atoms with van der Waals surface area (Å²) < 4.78 is 0. The maximum Gasteiger partial charge on any atom is 0.130 e. The van der Waals surface area contributed by atoms with Crippen LogP contribution in [-0.2, 0) is 6.54 Å². The van der Waals surface area contributed by atoms with E-state index in [9.17, 15) is 0 Å². The monoisotopic (exact) mass is 287 g/mol. The molecule has 1 aromatic carbocycles. The average molecular weight is 288 g/mol. The molecule has 1 aliphatic rings. The van der Waals surface area contributed by atoms with Crippen LogP contribution in [0.25, 0.3) is 0 Å². The van der Waals surface area contributed by atoms with Crippen molar-refractivity contribution in [1.82, 2.24) is 9.88 Å². The molecular formula is C16H18ClN3. The zero-order chi connectivity index (χ0) is 13.8. The highest BCUT2D eigenvalue weighted by atomic mass is 35.5. The van der Waals surface area contributed by atoms with Crippen LogP contribution in [0.2, 0.25) is 5.02 Å².